The fourth-order valence-electron chi connectivity index (χ4n) is 4.40. The van der Waals surface area contributed by atoms with Crippen LogP contribution in [0.1, 0.15) is 49.4 Å². The number of morpholine rings is 1. The van der Waals surface area contributed by atoms with Crippen molar-refractivity contribution < 1.29 is 14.3 Å². The van der Waals surface area contributed by atoms with Crippen LogP contribution in [-0.4, -0.2) is 55.1 Å². The summed E-state index contributed by atoms with van der Waals surface area (Å²) in [6, 6.07) is 5.38. The average molecular weight is 357 g/mol. The quantitative estimate of drug-likeness (QED) is 0.839. The van der Waals surface area contributed by atoms with Crippen LogP contribution in [0.4, 0.5) is 11.4 Å². The Morgan fingerprint density at radius 2 is 2.04 bits per heavy atom. The molecule has 2 fully saturated rings. The zero-order valence-electron chi connectivity index (χ0n) is 15.6. The predicted octanol–water partition coefficient (Wildman–Crippen LogP) is 2.64. The molecule has 1 saturated carbocycles. The van der Waals surface area contributed by atoms with Gasteiger partial charge in [-0.15, -0.1) is 0 Å². The molecule has 1 spiro atoms. The van der Waals surface area contributed by atoms with Gasteiger partial charge in [0, 0.05) is 19.2 Å². The molecule has 1 unspecified atom stereocenters. The molecule has 0 radical (unpaired) electrons. The standard InChI is InChI=1S/C20H27N3O3/c1-14-18(24)21-16-12-15(6-7-17(16)22(14)2)19(25)23-10-11-26-20(13-23)8-4-3-5-9-20/h6-7,12,14H,3-5,8-11,13H2,1-2H3,(H,21,24). The maximum atomic E-state index is 13.1. The lowest BCUT2D eigenvalue weighted by Crippen LogP contribution is -2.54. The van der Waals surface area contributed by atoms with Crippen LogP contribution >= 0.6 is 0 Å². The van der Waals surface area contributed by atoms with Crippen LogP contribution in [0.25, 0.3) is 0 Å². The summed E-state index contributed by atoms with van der Waals surface area (Å²) in [6.07, 6.45) is 5.70. The van der Waals surface area contributed by atoms with E-state index >= 15 is 0 Å². The van der Waals surface area contributed by atoms with E-state index in [0.29, 0.717) is 30.9 Å². The minimum Gasteiger partial charge on any atom is -0.371 e. The van der Waals surface area contributed by atoms with E-state index in [-0.39, 0.29) is 23.5 Å². The molecule has 2 aliphatic heterocycles. The highest BCUT2D eigenvalue weighted by Crippen LogP contribution is 2.36. The van der Waals surface area contributed by atoms with E-state index < -0.39 is 0 Å². The molecule has 6 heteroatoms. The molecule has 1 aromatic carbocycles. The van der Waals surface area contributed by atoms with Gasteiger partial charge < -0.3 is 19.9 Å². The highest BCUT2D eigenvalue weighted by molar-refractivity contribution is 6.05. The Morgan fingerprint density at radius 1 is 1.27 bits per heavy atom. The van der Waals surface area contributed by atoms with Gasteiger partial charge in [-0.05, 0) is 38.0 Å². The number of nitrogens with zero attached hydrogens (tertiary/aromatic N) is 2. The summed E-state index contributed by atoms with van der Waals surface area (Å²) in [7, 11) is 1.90. The van der Waals surface area contributed by atoms with Gasteiger partial charge in [0.05, 0.1) is 30.1 Å². The Bertz CT molecular complexity index is 722. The molecule has 1 atom stereocenters. The number of carbonyl (C=O) groups excluding carboxylic acids is 2. The van der Waals surface area contributed by atoms with Crippen molar-refractivity contribution in [2.24, 2.45) is 0 Å². The number of hydrogen-bond donors (Lipinski definition) is 1. The van der Waals surface area contributed by atoms with Gasteiger partial charge in [0.1, 0.15) is 6.04 Å². The van der Waals surface area contributed by atoms with Gasteiger partial charge in [0.2, 0.25) is 5.91 Å². The molecule has 0 aromatic heterocycles. The Kier molecular flexibility index (Phi) is 4.39. The molecule has 3 aliphatic rings. The Hall–Kier alpha value is -2.08. The summed E-state index contributed by atoms with van der Waals surface area (Å²) < 4.78 is 6.10. The molecule has 2 heterocycles. The second-order valence-electron chi connectivity index (χ2n) is 7.83. The first-order valence-electron chi connectivity index (χ1n) is 9.60. The highest BCUT2D eigenvalue weighted by Gasteiger charge is 2.39. The first kappa shape index (κ1) is 17.3. The zero-order valence-corrected chi connectivity index (χ0v) is 15.6. The van der Waals surface area contributed by atoms with Crippen molar-refractivity contribution in [3.63, 3.8) is 0 Å². The van der Waals surface area contributed by atoms with E-state index in [4.69, 9.17) is 4.74 Å². The lowest BCUT2D eigenvalue weighted by atomic mass is 9.83. The third-order valence-electron chi connectivity index (χ3n) is 6.14. The number of carbonyl (C=O) groups is 2. The van der Waals surface area contributed by atoms with E-state index in [1.54, 1.807) is 6.07 Å². The van der Waals surface area contributed by atoms with E-state index in [1.165, 1.54) is 19.3 Å². The summed E-state index contributed by atoms with van der Waals surface area (Å²) in [5, 5.41) is 2.92. The van der Waals surface area contributed by atoms with Crippen molar-refractivity contribution in [3.05, 3.63) is 23.8 Å². The van der Waals surface area contributed by atoms with Gasteiger partial charge in [0.25, 0.3) is 5.91 Å². The predicted molar refractivity (Wildman–Crippen MR) is 101 cm³/mol. The number of fused-ring (bicyclic) bond motifs is 1. The van der Waals surface area contributed by atoms with Crippen LogP contribution in [0.3, 0.4) is 0 Å². The minimum atomic E-state index is -0.213. The molecule has 4 rings (SSSR count). The maximum absolute atomic E-state index is 13.1. The van der Waals surface area contributed by atoms with Gasteiger partial charge in [-0.25, -0.2) is 0 Å². The van der Waals surface area contributed by atoms with Crippen molar-refractivity contribution in [1.82, 2.24) is 4.90 Å². The molecule has 140 valence electrons. The summed E-state index contributed by atoms with van der Waals surface area (Å²) in [5.41, 5.74) is 2.13. The molecule has 1 aliphatic carbocycles. The zero-order chi connectivity index (χ0) is 18.3. The van der Waals surface area contributed by atoms with E-state index in [2.05, 4.69) is 5.32 Å². The normalized spacial score (nSPS) is 25.0. The number of benzene rings is 1. The largest absolute Gasteiger partial charge is 0.371 e. The maximum Gasteiger partial charge on any atom is 0.254 e. The molecule has 26 heavy (non-hydrogen) atoms. The van der Waals surface area contributed by atoms with Crippen molar-refractivity contribution >= 4 is 23.2 Å². The van der Waals surface area contributed by atoms with Crippen LogP contribution < -0.4 is 10.2 Å². The Morgan fingerprint density at radius 3 is 2.81 bits per heavy atom. The van der Waals surface area contributed by atoms with Crippen molar-refractivity contribution in [1.29, 1.82) is 0 Å². The number of hydrogen-bond acceptors (Lipinski definition) is 4. The molecule has 2 amide bonds. The number of rotatable bonds is 1. The summed E-state index contributed by atoms with van der Waals surface area (Å²) in [4.78, 5) is 29.0. The van der Waals surface area contributed by atoms with Gasteiger partial charge in [-0.1, -0.05) is 19.3 Å². The third kappa shape index (κ3) is 2.96. The minimum absolute atomic E-state index is 0.0246. The Labute approximate surface area is 154 Å². The number of amides is 2. The topological polar surface area (TPSA) is 61.9 Å². The number of nitrogens with one attached hydrogen (secondary N) is 1. The van der Waals surface area contributed by atoms with Gasteiger partial charge in [-0.3, -0.25) is 9.59 Å². The van der Waals surface area contributed by atoms with Crippen LogP contribution in [0.5, 0.6) is 0 Å². The van der Waals surface area contributed by atoms with Crippen LogP contribution in [0.2, 0.25) is 0 Å². The number of ether oxygens (including phenoxy) is 1. The fourth-order valence-corrected chi connectivity index (χ4v) is 4.40. The molecule has 1 saturated heterocycles. The number of anilines is 2. The Balaban J connectivity index is 1.55. The molecule has 6 nitrogen and oxygen atoms in total. The van der Waals surface area contributed by atoms with Crippen LogP contribution in [0.15, 0.2) is 18.2 Å². The van der Waals surface area contributed by atoms with Gasteiger partial charge >= 0.3 is 0 Å². The van der Waals surface area contributed by atoms with Crippen LogP contribution in [-0.2, 0) is 9.53 Å². The second kappa shape index (κ2) is 6.58. The smallest absolute Gasteiger partial charge is 0.254 e. The first-order chi connectivity index (χ1) is 12.5. The third-order valence-corrected chi connectivity index (χ3v) is 6.14. The monoisotopic (exact) mass is 357 g/mol. The molecule has 0 bridgehead atoms. The van der Waals surface area contributed by atoms with E-state index in [0.717, 1.165) is 18.5 Å². The molecular weight excluding hydrogens is 330 g/mol. The molecule has 1 N–H and O–H groups in total. The van der Waals surface area contributed by atoms with Gasteiger partial charge in [-0.2, -0.15) is 0 Å². The average Bonchev–Trinajstić information content (AvgIpc) is 2.66. The molecule has 1 aromatic rings. The summed E-state index contributed by atoms with van der Waals surface area (Å²) in [5.74, 6) is -0.0197. The second-order valence-corrected chi connectivity index (χ2v) is 7.83. The van der Waals surface area contributed by atoms with E-state index in [1.807, 2.05) is 35.9 Å². The van der Waals surface area contributed by atoms with Crippen LogP contribution in [0, 0.1) is 0 Å². The van der Waals surface area contributed by atoms with Crippen molar-refractivity contribution in [3.8, 4) is 0 Å². The first-order valence-corrected chi connectivity index (χ1v) is 9.60. The fraction of sp³-hybridized carbons (Fsp3) is 0.600. The highest BCUT2D eigenvalue weighted by atomic mass is 16.5. The van der Waals surface area contributed by atoms with Crippen molar-refractivity contribution in [2.45, 2.75) is 50.7 Å². The summed E-state index contributed by atoms with van der Waals surface area (Å²) in [6.45, 7) is 3.77. The van der Waals surface area contributed by atoms with Gasteiger partial charge in [0.15, 0.2) is 0 Å². The lowest BCUT2D eigenvalue weighted by molar-refractivity contribution is -0.117. The summed E-state index contributed by atoms with van der Waals surface area (Å²) >= 11 is 0. The van der Waals surface area contributed by atoms with E-state index in [9.17, 15) is 9.59 Å². The SMILES string of the molecule is CC1C(=O)Nc2cc(C(=O)N3CCOC4(CCCCC4)C3)ccc2N1C. The number of likely N-dealkylation sites (N-methyl/N-ethyl adjacent to an activating group) is 1. The lowest BCUT2D eigenvalue weighted by Gasteiger charge is -2.45. The molecular formula is C20H27N3O3. The van der Waals surface area contributed by atoms with Crippen molar-refractivity contribution in [2.75, 3.05) is 37.0 Å².